The molecule has 8 heteroatoms. The largest absolute Gasteiger partial charge is 0.487 e. The summed E-state index contributed by atoms with van der Waals surface area (Å²) in [5, 5.41) is 23.4. The second kappa shape index (κ2) is 9.92. The molecule has 2 heterocycles. The van der Waals surface area contributed by atoms with Crippen LogP contribution in [0.5, 0.6) is 11.5 Å². The molecule has 0 radical (unpaired) electrons. The van der Waals surface area contributed by atoms with Gasteiger partial charge < -0.3 is 25.0 Å². The van der Waals surface area contributed by atoms with E-state index in [9.17, 15) is 19.0 Å². The Kier molecular flexibility index (Phi) is 5.86. The predicted molar refractivity (Wildman–Crippen MR) is 110 cm³/mol. The number of benzene rings is 2. The van der Waals surface area contributed by atoms with Crippen LogP contribution in [-0.4, -0.2) is 47.6 Å². The van der Waals surface area contributed by atoms with Crippen LogP contribution in [0.4, 0.5) is 8.78 Å². The maximum atomic E-state index is 13.4. The standard InChI is InChI=1S/C22H25F2NO4.ClH/c23-15-3-7-19-13(9-15)1-5-21(28-19)17(26)11-25-12-18(27)22-6-2-14-10-16(24)4-8-20(14)29-22;/h3-4,7-10,17-18,21-22,25-27H,1-2,5-6,11-12H2;1H/t17-,18-,21+,22?;/m0./s1/i11D2,12D2;. The molecule has 2 aromatic rings. The van der Waals surface area contributed by atoms with Crippen LogP contribution in [0.1, 0.15) is 29.5 Å². The summed E-state index contributed by atoms with van der Waals surface area (Å²) in [5.41, 5.74) is 1.21. The smallest absolute Gasteiger partial charge is 0.126 e. The SMILES string of the molecule is Cl.[2H]C([2H])(NC([2H])([2H])[C@H](O)[C@H]1CCc2cc(F)ccc2O1)[C@H](O)C1CCc2cc(F)ccc2O1. The van der Waals surface area contributed by atoms with Crippen LogP contribution in [0, 0.1) is 11.6 Å². The summed E-state index contributed by atoms with van der Waals surface area (Å²) < 4.78 is 70.9. The van der Waals surface area contributed by atoms with Crippen LogP contribution >= 0.6 is 12.4 Å². The first-order chi connectivity index (χ1) is 15.5. The number of aliphatic hydroxyl groups excluding tert-OH is 2. The molecule has 0 bridgehead atoms. The molecule has 0 aliphatic carbocycles. The van der Waals surface area contributed by atoms with Gasteiger partial charge in [-0.3, -0.25) is 0 Å². The average Bonchev–Trinajstić information content (AvgIpc) is 2.76. The maximum Gasteiger partial charge on any atom is 0.126 e. The van der Waals surface area contributed by atoms with Gasteiger partial charge in [-0.15, -0.1) is 12.4 Å². The van der Waals surface area contributed by atoms with E-state index < -0.39 is 49.0 Å². The van der Waals surface area contributed by atoms with Crippen molar-refractivity contribution in [2.24, 2.45) is 0 Å². The Morgan fingerprint density at radius 3 is 1.77 bits per heavy atom. The van der Waals surface area contributed by atoms with Gasteiger partial charge in [0.1, 0.15) is 47.5 Å². The van der Waals surface area contributed by atoms with Crippen LogP contribution < -0.4 is 14.8 Å². The lowest BCUT2D eigenvalue weighted by Gasteiger charge is -2.31. The van der Waals surface area contributed by atoms with Crippen LogP contribution in [0.15, 0.2) is 36.4 Å². The minimum Gasteiger partial charge on any atom is -0.487 e. The second-order valence-corrected chi connectivity index (χ2v) is 7.20. The molecule has 164 valence electrons. The Balaban J connectivity index is 0.00000324. The minimum atomic E-state index is -2.68. The lowest BCUT2D eigenvalue weighted by atomic mass is 9.98. The first kappa shape index (κ1) is 17.7. The molecule has 0 saturated heterocycles. The number of halogens is 3. The lowest BCUT2D eigenvalue weighted by Crippen LogP contribution is -2.46. The number of fused-ring (bicyclic) bond motifs is 2. The molecule has 1 unspecified atom stereocenters. The molecule has 0 saturated carbocycles. The van der Waals surface area contributed by atoms with Gasteiger partial charge in [-0.2, -0.15) is 0 Å². The lowest BCUT2D eigenvalue weighted by molar-refractivity contribution is 0.00892. The number of rotatable bonds is 6. The van der Waals surface area contributed by atoms with Crippen molar-refractivity contribution in [1.29, 1.82) is 0 Å². The van der Waals surface area contributed by atoms with Crippen LogP contribution in [0.3, 0.4) is 0 Å². The predicted octanol–water partition coefficient (Wildman–Crippen LogP) is 2.79. The third-order valence-corrected chi connectivity index (χ3v) is 5.14. The molecule has 30 heavy (non-hydrogen) atoms. The van der Waals surface area contributed by atoms with Crippen molar-refractivity contribution in [2.75, 3.05) is 13.0 Å². The van der Waals surface area contributed by atoms with E-state index in [0.717, 1.165) is 0 Å². The number of hydrogen-bond acceptors (Lipinski definition) is 5. The highest BCUT2D eigenvalue weighted by Gasteiger charge is 2.29. The third kappa shape index (κ3) is 5.21. The molecule has 2 aliphatic rings. The van der Waals surface area contributed by atoms with Crippen molar-refractivity contribution in [2.45, 2.75) is 50.1 Å². The summed E-state index contributed by atoms with van der Waals surface area (Å²) in [5.74, 6) is -0.186. The Hall–Kier alpha value is -1.93. The van der Waals surface area contributed by atoms with Crippen molar-refractivity contribution in [1.82, 2.24) is 5.32 Å². The quantitative estimate of drug-likeness (QED) is 0.638. The molecular formula is C22H26ClF2NO4. The second-order valence-electron chi connectivity index (χ2n) is 7.20. The summed E-state index contributed by atoms with van der Waals surface area (Å²) >= 11 is 0. The summed E-state index contributed by atoms with van der Waals surface area (Å²) in [4.78, 5) is 0. The van der Waals surface area contributed by atoms with E-state index in [4.69, 9.17) is 15.0 Å². The zero-order chi connectivity index (χ0) is 24.0. The molecule has 5 nitrogen and oxygen atoms in total. The Morgan fingerprint density at radius 2 is 1.33 bits per heavy atom. The molecule has 0 fully saturated rings. The van der Waals surface area contributed by atoms with Crippen LogP contribution in [-0.2, 0) is 12.8 Å². The van der Waals surface area contributed by atoms with Gasteiger partial charge in [-0.05, 0) is 73.2 Å². The Labute approximate surface area is 186 Å². The monoisotopic (exact) mass is 445 g/mol. The highest BCUT2D eigenvalue weighted by molar-refractivity contribution is 5.85. The van der Waals surface area contributed by atoms with E-state index in [1.807, 2.05) is 0 Å². The molecule has 4 atom stereocenters. The molecule has 0 aromatic heterocycles. The average molecular weight is 446 g/mol. The summed E-state index contributed by atoms with van der Waals surface area (Å²) in [7, 11) is 0. The molecule has 2 aromatic carbocycles. The van der Waals surface area contributed by atoms with Gasteiger partial charge in [0, 0.05) is 18.5 Å². The van der Waals surface area contributed by atoms with Gasteiger partial charge in [0.05, 0.1) is 0 Å². The highest BCUT2D eigenvalue weighted by Crippen LogP contribution is 2.30. The number of nitrogens with one attached hydrogen (secondary N) is 1. The normalized spacial score (nSPS) is 24.8. The topological polar surface area (TPSA) is 71.0 Å². The fraction of sp³-hybridized carbons (Fsp3) is 0.455. The van der Waals surface area contributed by atoms with Gasteiger partial charge in [0.15, 0.2) is 0 Å². The molecule has 4 rings (SSSR count). The minimum absolute atomic E-state index is 0. The molecule has 0 spiro atoms. The third-order valence-electron chi connectivity index (χ3n) is 5.14. The number of aryl methyl sites for hydroxylation is 2. The van der Waals surface area contributed by atoms with Crippen molar-refractivity contribution in [3.8, 4) is 11.5 Å². The van der Waals surface area contributed by atoms with Crippen molar-refractivity contribution in [3.05, 3.63) is 59.2 Å². The van der Waals surface area contributed by atoms with E-state index in [1.54, 1.807) is 0 Å². The highest BCUT2D eigenvalue weighted by atomic mass is 35.5. The fourth-order valence-corrected chi connectivity index (χ4v) is 3.58. The van der Waals surface area contributed by atoms with E-state index in [0.29, 0.717) is 35.5 Å². The van der Waals surface area contributed by atoms with Crippen LogP contribution in [0.25, 0.3) is 0 Å². The van der Waals surface area contributed by atoms with Gasteiger partial charge >= 0.3 is 0 Å². The van der Waals surface area contributed by atoms with E-state index >= 15 is 0 Å². The van der Waals surface area contributed by atoms with Crippen molar-refractivity contribution >= 4 is 12.4 Å². The molecule has 0 amide bonds. The molecule has 2 aliphatic heterocycles. The van der Waals surface area contributed by atoms with Crippen molar-refractivity contribution < 1.29 is 34.0 Å². The molecule has 3 N–H and O–H groups in total. The van der Waals surface area contributed by atoms with Gasteiger partial charge in [-0.1, -0.05) is 0 Å². The Bertz CT molecular complexity index is 953. The zero-order valence-electron chi connectivity index (χ0n) is 20.0. The van der Waals surface area contributed by atoms with Crippen LogP contribution in [0.2, 0.25) is 0 Å². The van der Waals surface area contributed by atoms with Crippen molar-refractivity contribution in [3.63, 3.8) is 0 Å². The maximum absolute atomic E-state index is 13.4. The van der Waals surface area contributed by atoms with E-state index in [-0.39, 0.29) is 25.2 Å². The van der Waals surface area contributed by atoms with E-state index in [1.165, 1.54) is 36.4 Å². The summed E-state index contributed by atoms with van der Waals surface area (Å²) in [6, 6.07) is 7.84. The molecular weight excluding hydrogens is 416 g/mol. The van der Waals surface area contributed by atoms with Gasteiger partial charge in [-0.25, -0.2) is 8.78 Å². The number of ether oxygens (including phenoxy) is 2. The number of aliphatic hydroxyl groups is 2. The first-order valence-electron chi connectivity index (χ1n) is 11.5. The van der Waals surface area contributed by atoms with Gasteiger partial charge in [0.2, 0.25) is 0 Å². The first-order valence-corrected chi connectivity index (χ1v) is 9.52. The fourth-order valence-electron chi connectivity index (χ4n) is 3.58. The van der Waals surface area contributed by atoms with E-state index in [2.05, 4.69) is 5.32 Å². The summed E-state index contributed by atoms with van der Waals surface area (Å²) in [6.07, 6.45) is -4.47. The zero-order valence-corrected chi connectivity index (χ0v) is 16.8. The Morgan fingerprint density at radius 1 is 0.900 bits per heavy atom. The number of hydrogen-bond donors (Lipinski definition) is 3. The summed E-state index contributed by atoms with van der Waals surface area (Å²) in [6.45, 7) is -5.36. The van der Waals surface area contributed by atoms with Gasteiger partial charge in [0.25, 0.3) is 0 Å².